The lowest BCUT2D eigenvalue weighted by Gasteiger charge is -2.23. The number of hydrogen-bond acceptors (Lipinski definition) is 3. The highest BCUT2D eigenvalue weighted by Crippen LogP contribution is 2.32. The molecule has 2 amide bonds. The molecule has 1 saturated heterocycles. The van der Waals surface area contributed by atoms with E-state index in [1.54, 1.807) is 24.1 Å². The first kappa shape index (κ1) is 20.7. The van der Waals surface area contributed by atoms with Crippen molar-refractivity contribution >= 4 is 11.8 Å². The molecule has 1 aliphatic heterocycles. The maximum Gasteiger partial charge on any atom is 0.417 e. The van der Waals surface area contributed by atoms with Crippen LogP contribution >= 0.6 is 0 Å². The van der Waals surface area contributed by atoms with Crippen molar-refractivity contribution in [1.29, 1.82) is 0 Å². The Bertz CT molecular complexity index is 881. The summed E-state index contributed by atoms with van der Waals surface area (Å²) in [5.41, 5.74) is -0.451. The SMILES string of the molecule is COc1ccc(CN2CCN(C(=O)c3ccccc3C(F)(F)F)CCC2=O)cc1. The molecule has 0 radical (unpaired) electrons. The van der Waals surface area contributed by atoms with E-state index in [0.717, 1.165) is 11.6 Å². The first-order chi connectivity index (χ1) is 13.8. The van der Waals surface area contributed by atoms with E-state index in [-0.39, 0.29) is 32.0 Å². The van der Waals surface area contributed by atoms with Crippen molar-refractivity contribution < 1.29 is 27.5 Å². The van der Waals surface area contributed by atoms with Gasteiger partial charge in [0.25, 0.3) is 5.91 Å². The Morgan fingerprint density at radius 3 is 2.38 bits per heavy atom. The van der Waals surface area contributed by atoms with Gasteiger partial charge < -0.3 is 14.5 Å². The Morgan fingerprint density at radius 1 is 1.03 bits per heavy atom. The maximum absolute atomic E-state index is 13.2. The summed E-state index contributed by atoms with van der Waals surface area (Å²) in [4.78, 5) is 28.1. The van der Waals surface area contributed by atoms with Crippen molar-refractivity contribution in [3.63, 3.8) is 0 Å². The molecule has 5 nitrogen and oxygen atoms in total. The average Bonchev–Trinajstić information content (AvgIpc) is 2.89. The number of halogens is 3. The van der Waals surface area contributed by atoms with Crippen molar-refractivity contribution in [2.75, 3.05) is 26.7 Å². The molecule has 29 heavy (non-hydrogen) atoms. The van der Waals surface area contributed by atoms with Gasteiger partial charge in [-0.15, -0.1) is 0 Å². The van der Waals surface area contributed by atoms with Crippen molar-refractivity contribution in [3.05, 3.63) is 65.2 Å². The number of benzene rings is 2. The highest BCUT2D eigenvalue weighted by Gasteiger charge is 2.36. The second kappa shape index (κ2) is 8.55. The van der Waals surface area contributed by atoms with Crippen LogP contribution in [-0.4, -0.2) is 48.4 Å². The molecule has 1 aliphatic rings. The highest BCUT2D eigenvalue weighted by atomic mass is 19.4. The fourth-order valence-electron chi connectivity index (χ4n) is 3.28. The van der Waals surface area contributed by atoms with Gasteiger partial charge in [-0.3, -0.25) is 9.59 Å². The third-order valence-electron chi connectivity index (χ3n) is 4.87. The molecular weight excluding hydrogens is 385 g/mol. The van der Waals surface area contributed by atoms with Crippen LogP contribution in [0, 0.1) is 0 Å². The van der Waals surface area contributed by atoms with E-state index in [4.69, 9.17) is 4.74 Å². The molecule has 0 aliphatic carbocycles. The van der Waals surface area contributed by atoms with Gasteiger partial charge in [-0.25, -0.2) is 0 Å². The number of ether oxygens (including phenoxy) is 1. The van der Waals surface area contributed by atoms with Gasteiger partial charge in [-0.05, 0) is 29.8 Å². The van der Waals surface area contributed by atoms with Gasteiger partial charge in [-0.2, -0.15) is 13.2 Å². The average molecular weight is 406 g/mol. The number of hydrogen-bond donors (Lipinski definition) is 0. The van der Waals surface area contributed by atoms with Gasteiger partial charge in [-0.1, -0.05) is 24.3 Å². The fraction of sp³-hybridized carbons (Fsp3) is 0.333. The van der Waals surface area contributed by atoms with Crippen LogP contribution in [0.4, 0.5) is 13.2 Å². The summed E-state index contributed by atoms with van der Waals surface area (Å²) in [7, 11) is 1.57. The number of carbonyl (C=O) groups is 2. The zero-order valence-corrected chi connectivity index (χ0v) is 15.9. The van der Waals surface area contributed by atoms with Crippen LogP contribution in [0.15, 0.2) is 48.5 Å². The molecule has 3 rings (SSSR count). The van der Waals surface area contributed by atoms with E-state index >= 15 is 0 Å². The maximum atomic E-state index is 13.2. The first-order valence-corrected chi connectivity index (χ1v) is 9.16. The van der Waals surface area contributed by atoms with Gasteiger partial charge in [0.15, 0.2) is 0 Å². The summed E-state index contributed by atoms with van der Waals surface area (Å²) in [6, 6.07) is 12.0. The van der Waals surface area contributed by atoms with Crippen LogP contribution in [0.5, 0.6) is 5.75 Å². The lowest BCUT2D eigenvalue weighted by molar-refractivity contribution is -0.138. The predicted octanol–water partition coefficient (Wildman–Crippen LogP) is 3.59. The van der Waals surface area contributed by atoms with Crippen LogP contribution in [0.25, 0.3) is 0 Å². The first-order valence-electron chi connectivity index (χ1n) is 9.16. The van der Waals surface area contributed by atoms with Crippen molar-refractivity contribution in [1.82, 2.24) is 9.80 Å². The Balaban J connectivity index is 1.72. The molecule has 0 aromatic heterocycles. The monoisotopic (exact) mass is 406 g/mol. The smallest absolute Gasteiger partial charge is 0.417 e. The number of carbonyl (C=O) groups excluding carboxylic acids is 2. The fourth-order valence-corrected chi connectivity index (χ4v) is 3.28. The molecule has 0 saturated carbocycles. The Kier molecular flexibility index (Phi) is 6.10. The predicted molar refractivity (Wildman–Crippen MR) is 100 cm³/mol. The summed E-state index contributed by atoms with van der Waals surface area (Å²) in [6.45, 7) is 0.880. The Hall–Kier alpha value is -3.03. The van der Waals surface area contributed by atoms with E-state index in [9.17, 15) is 22.8 Å². The van der Waals surface area contributed by atoms with Crippen molar-refractivity contribution in [2.24, 2.45) is 0 Å². The quantitative estimate of drug-likeness (QED) is 0.780. The van der Waals surface area contributed by atoms with Crippen LogP contribution in [-0.2, 0) is 17.5 Å². The molecule has 2 aromatic carbocycles. The zero-order chi connectivity index (χ0) is 21.0. The van der Waals surface area contributed by atoms with Gasteiger partial charge in [0, 0.05) is 32.6 Å². The van der Waals surface area contributed by atoms with Gasteiger partial charge in [0.2, 0.25) is 5.91 Å². The minimum Gasteiger partial charge on any atom is -0.497 e. The standard InChI is InChI=1S/C21H21F3N2O3/c1-29-16-8-6-15(7-9-16)14-26-13-12-25(11-10-19(26)27)20(28)17-4-2-3-5-18(17)21(22,23)24/h2-9H,10-14H2,1H3. The minimum atomic E-state index is -4.62. The summed E-state index contributed by atoms with van der Waals surface area (Å²) >= 11 is 0. The molecule has 8 heteroatoms. The third-order valence-corrected chi connectivity index (χ3v) is 4.87. The third kappa shape index (κ3) is 4.88. The number of alkyl halides is 3. The van der Waals surface area contributed by atoms with Crippen LogP contribution in [0.3, 0.4) is 0 Å². The molecule has 0 N–H and O–H groups in total. The Labute approximate surface area is 166 Å². The van der Waals surface area contributed by atoms with E-state index in [1.807, 2.05) is 12.1 Å². The van der Waals surface area contributed by atoms with E-state index in [2.05, 4.69) is 0 Å². The second-order valence-corrected chi connectivity index (χ2v) is 6.75. The van der Waals surface area contributed by atoms with E-state index < -0.39 is 23.2 Å². The minimum absolute atomic E-state index is 0.0656. The molecule has 0 atom stereocenters. The normalized spacial score (nSPS) is 15.2. The van der Waals surface area contributed by atoms with Crippen LogP contribution in [0.1, 0.15) is 27.9 Å². The zero-order valence-electron chi connectivity index (χ0n) is 15.9. The van der Waals surface area contributed by atoms with Gasteiger partial charge in [0.05, 0.1) is 18.2 Å². The number of amides is 2. The summed E-state index contributed by atoms with van der Waals surface area (Å²) < 4.78 is 44.8. The molecule has 0 bridgehead atoms. The van der Waals surface area contributed by atoms with E-state index in [0.29, 0.717) is 12.3 Å². The summed E-state index contributed by atoms with van der Waals surface area (Å²) in [5, 5.41) is 0. The molecule has 1 fully saturated rings. The molecule has 154 valence electrons. The summed E-state index contributed by atoms with van der Waals surface area (Å²) in [6.07, 6.45) is -4.55. The number of rotatable bonds is 4. The second-order valence-electron chi connectivity index (χ2n) is 6.75. The largest absolute Gasteiger partial charge is 0.497 e. The molecule has 2 aromatic rings. The Morgan fingerprint density at radius 2 is 1.72 bits per heavy atom. The highest BCUT2D eigenvalue weighted by molar-refractivity contribution is 5.96. The van der Waals surface area contributed by atoms with Gasteiger partial charge in [0.1, 0.15) is 5.75 Å². The van der Waals surface area contributed by atoms with E-state index in [1.165, 1.54) is 23.1 Å². The van der Waals surface area contributed by atoms with Gasteiger partial charge >= 0.3 is 6.18 Å². The number of nitrogens with zero attached hydrogens (tertiary/aromatic N) is 2. The topological polar surface area (TPSA) is 49.9 Å². The number of methoxy groups -OCH3 is 1. The molecule has 0 spiro atoms. The van der Waals surface area contributed by atoms with Crippen LogP contribution < -0.4 is 4.74 Å². The van der Waals surface area contributed by atoms with Crippen LogP contribution in [0.2, 0.25) is 0 Å². The van der Waals surface area contributed by atoms with Crippen molar-refractivity contribution in [2.45, 2.75) is 19.1 Å². The lowest BCUT2D eigenvalue weighted by atomic mass is 10.1. The molecular formula is C21H21F3N2O3. The molecule has 0 unspecified atom stereocenters. The summed E-state index contributed by atoms with van der Waals surface area (Å²) in [5.74, 6) is -0.145. The lowest BCUT2D eigenvalue weighted by Crippen LogP contribution is -2.36. The molecule has 1 heterocycles. The van der Waals surface area contributed by atoms with Crippen molar-refractivity contribution in [3.8, 4) is 5.75 Å².